The van der Waals surface area contributed by atoms with Crippen molar-refractivity contribution in [3.63, 3.8) is 0 Å². The Labute approximate surface area is 83.4 Å². The average molecular weight is 196 g/mol. The van der Waals surface area contributed by atoms with E-state index >= 15 is 0 Å². The molecule has 2 rings (SSSR count). The van der Waals surface area contributed by atoms with Crippen LogP contribution in [0.1, 0.15) is 32.3 Å². The topological polar surface area (TPSA) is 20.2 Å². The van der Waals surface area contributed by atoms with E-state index in [1.807, 2.05) is 5.38 Å². The minimum atomic E-state index is -0.542. The van der Waals surface area contributed by atoms with Gasteiger partial charge in [-0.1, -0.05) is 13.8 Å². The first-order valence-electron chi connectivity index (χ1n) is 4.93. The molecule has 1 N–H and O–H groups in total. The molecule has 0 saturated heterocycles. The van der Waals surface area contributed by atoms with Crippen molar-refractivity contribution in [1.82, 2.24) is 0 Å². The lowest BCUT2D eigenvalue weighted by molar-refractivity contribution is 0.00479. The molecule has 3 atom stereocenters. The van der Waals surface area contributed by atoms with Crippen LogP contribution in [-0.2, 0) is 5.60 Å². The summed E-state index contributed by atoms with van der Waals surface area (Å²) in [7, 11) is 0. The third-order valence-corrected chi connectivity index (χ3v) is 3.97. The molecule has 1 nitrogen and oxygen atoms in total. The number of hydrogen-bond donors (Lipinski definition) is 1. The monoisotopic (exact) mass is 196 g/mol. The number of thiophene rings is 1. The van der Waals surface area contributed by atoms with Crippen molar-refractivity contribution in [2.45, 2.75) is 32.3 Å². The van der Waals surface area contributed by atoms with E-state index in [2.05, 4.69) is 25.3 Å². The summed E-state index contributed by atoms with van der Waals surface area (Å²) in [6, 6.07) is 2.05. The van der Waals surface area contributed by atoms with Crippen LogP contribution in [0.4, 0.5) is 0 Å². The molecule has 72 valence electrons. The first-order valence-corrected chi connectivity index (χ1v) is 5.88. The van der Waals surface area contributed by atoms with E-state index in [0.29, 0.717) is 11.8 Å². The zero-order chi connectivity index (χ0) is 9.47. The lowest BCUT2D eigenvalue weighted by Crippen LogP contribution is -2.27. The molecular weight excluding hydrogens is 180 g/mol. The van der Waals surface area contributed by atoms with Crippen LogP contribution >= 0.6 is 11.3 Å². The maximum atomic E-state index is 10.5. The standard InChI is InChI=1S/C11H16OS/c1-3-11(12,10-6-8(10)2)9-4-5-13-7-9/h4-5,7-8,10,12H,3,6H2,1-2H3. The van der Waals surface area contributed by atoms with E-state index in [0.717, 1.165) is 12.0 Å². The second kappa shape index (κ2) is 3.10. The highest BCUT2D eigenvalue weighted by atomic mass is 32.1. The van der Waals surface area contributed by atoms with Gasteiger partial charge in [-0.15, -0.1) is 0 Å². The Bertz CT molecular complexity index is 280. The fourth-order valence-corrected chi connectivity index (χ4v) is 2.91. The predicted molar refractivity (Wildman–Crippen MR) is 55.8 cm³/mol. The van der Waals surface area contributed by atoms with Gasteiger partial charge in [-0.2, -0.15) is 11.3 Å². The molecule has 1 aromatic heterocycles. The van der Waals surface area contributed by atoms with Crippen molar-refractivity contribution in [1.29, 1.82) is 0 Å². The Kier molecular flexibility index (Phi) is 2.20. The highest BCUT2D eigenvalue weighted by Crippen LogP contribution is 2.52. The van der Waals surface area contributed by atoms with Crippen LogP contribution in [0.15, 0.2) is 16.8 Å². The highest BCUT2D eigenvalue weighted by molar-refractivity contribution is 7.08. The van der Waals surface area contributed by atoms with Gasteiger partial charge in [0.05, 0.1) is 5.60 Å². The maximum absolute atomic E-state index is 10.5. The number of hydrogen-bond acceptors (Lipinski definition) is 2. The Morgan fingerprint density at radius 1 is 1.69 bits per heavy atom. The van der Waals surface area contributed by atoms with Gasteiger partial charge in [0.25, 0.3) is 0 Å². The van der Waals surface area contributed by atoms with Gasteiger partial charge in [0, 0.05) is 0 Å². The summed E-state index contributed by atoms with van der Waals surface area (Å²) in [5.74, 6) is 1.19. The van der Waals surface area contributed by atoms with Crippen molar-refractivity contribution in [3.8, 4) is 0 Å². The molecule has 1 aromatic rings. The molecule has 1 fully saturated rings. The van der Waals surface area contributed by atoms with Gasteiger partial charge in [-0.3, -0.25) is 0 Å². The summed E-state index contributed by atoms with van der Waals surface area (Å²) in [6.45, 7) is 4.29. The molecule has 0 radical (unpaired) electrons. The fraction of sp³-hybridized carbons (Fsp3) is 0.636. The van der Waals surface area contributed by atoms with Crippen LogP contribution in [0.5, 0.6) is 0 Å². The van der Waals surface area contributed by atoms with Gasteiger partial charge in [-0.25, -0.2) is 0 Å². The normalized spacial score (nSPS) is 31.3. The smallest absolute Gasteiger partial charge is 0.0932 e. The Hall–Kier alpha value is -0.340. The van der Waals surface area contributed by atoms with E-state index in [9.17, 15) is 5.11 Å². The van der Waals surface area contributed by atoms with Gasteiger partial charge in [0.2, 0.25) is 0 Å². The first kappa shape index (κ1) is 9.22. The Morgan fingerprint density at radius 3 is 2.77 bits per heavy atom. The molecule has 1 heterocycles. The van der Waals surface area contributed by atoms with Crippen molar-refractivity contribution in [2.24, 2.45) is 11.8 Å². The first-order chi connectivity index (χ1) is 6.18. The molecule has 13 heavy (non-hydrogen) atoms. The van der Waals surface area contributed by atoms with E-state index in [1.54, 1.807) is 11.3 Å². The second-order valence-electron chi connectivity index (χ2n) is 4.11. The summed E-state index contributed by atoms with van der Waals surface area (Å²) in [5.41, 5.74) is 0.578. The summed E-state index contributed by atoms with van der Waals surface area (Å²) >= 11 is 1.67. The van der Waals surface area contributed by atoms with Crippen molar-refractivity contribution >= 4 is 11.3 Å². The maximum Gasteiger partial charge on any atom is 0.0932 e. The van der Waals surface area contributed by atoms with Crippen LogP contribution in [0.25, 0.3) is 0 Å². The molecule has 1 saturated carbocycles. The zero-order valence-corrected chi connectivity index (χ0v) is 8.97. The van der Waals surface area contributed by atoms with Gasteiger partial charge in [0.1, 0.15) is 0 Å². The quantitative estimate of drug-likeness (QED) is 0.788. The Morgan fingerprint density at radius 2 is 2.38 bits per heavy atom. The molecule has 3 unspecified atom stereocenters. The fourth-order valence-electron chi connectivity index (χ4n) is 2.18. The van der Waals surface area contributed by atoms with E-state index in [1.165, 1.54) is 6.42 Å². The minimum Gasteiger partial charge on any atom is -0.385 e. The summed E-state index contributed by atoms with van der Waals surface area (Å²) in [4.78, 5) is 0. The van der Waals surface area contributed by atoms with Crippen LogP contribution in [0.3, 0.4) is 0 Å². The van der Waals surface area contributed by atoms with Crippen LogP contribution in [0, 0.1) is 11.8 Å². The summed E-state index contributed by atoms with van der Waals surface area (Å²) in [5, 5.41) is 14.6. The Balaban J connectivity index is 2.25. The third-order valence-electron chi connectivity index (χ3n) is 3.28. The minimum absolute atomic E-state index is 0.493. The lowest BCUT2D eigenvalue weighted by Gasteiger charge is -2.26. The van der Waals surface area contributed by atoms with Crippen molar-refractivity contribution in [3.05, 3.63) is 22.4 Å². The molecule has 0 aromatic carbocycles. The molecule has 0 aliphatic heterocycles. The SMILES string of the molecule is CCC(O)(c1ccsc1)C1CC1C. The molecule has 1 aliphatic carbocycles. The number of aliphatic hydroxyl groups is 1. The molecule has 2 heteroatoms. The van der Waals surface area contributed by atoms with Crippen LogP contribution in [0.2, 0.25) is 0 Å². The largest absolute Gasteiger partial charge is 0.385 e. The number of rotatable bonds is 3. The molecule has 1 aliphatic rings. The zero-order valence-electron chi connectivity index (χ0n) is 8.16. The van der Waals surface area contributed by atoms with Crippen LogP contribution in [-0.4, -0.2) is 5.11 Å². The van der Waals surface area contributed by atoms with Gasteiger partial charge < -0.3 is 5.11 Å². The average Bonchev–Trinajstić information content (AvgIpc) is 2.71. The third kappa shape index (κ3) is 1.42. The molecular formula is C11H16OS. The lowest BCUT2D eigenvalue weighted by atomic mass is 9.87. The van der Waals surface area contributed by atoms with Crippen molar-refractivity contribution < 1.29 is 5.11 Å². The van der Waals surface area contributed by atoms with Gasteiger partial charge in [0.15, 0.2) is 0 Å². The molecule has 0 spiro atoms. The summed E-state index contributed by atoms with van der Waals surface area (Å²) in [6.07, 6.45) is 2.01. The molecule has 0 bridgehead atoms. The van der Waals surface area contributed by atoms with E-state index in [4.69, 9.17) is 0 Å². The van der Waals surface area contributed by atoms with Crippen LogP contribution < -0.4 is 0 Å². The van der Waals surface area contributed by atoms with Gasteiger partial charge in [-0.05, 0) is 47.1 Å². The van der Waals surface area contributed by atoms with Crippen molar-refractivity contribution in [2.75, 3.05) is 0 Å². The van der Waals surface area contributed by atoms with Gasteiger partial charge >= 0.3 is 0 Å². The predicted octanol–water partition coefficient (Wildman–Crippen LogP) is 3.00. The van der Waals surface area contributed by atoms with E-state index < -0.39 is 5.60 Å². The second-order valence-corrected chi connectivity index (χ2v) is 4.89. The highest BCUT2D eigenvalue weighted by Gasteiger charge is 2.49. The summed E-state index contributed by atoms with van der Waals surface area (Å²) < 4.78 is 0. The molecule has 0 amide bonds. The van der Waals surface area contributed by atoms with E-state index in [-0.39, 0.29) is 0 Å².